The highest BCUT2D eigenvalue weighted by Gasteiger charge is 2.14. The molecule has 0 aliphatic heterocycles. The standard InChI is InChI=1S/C12H11Br2IN4/c1-2-3-8-9(15)11(16)19-12(18-8)10-7(14)4-6(13)5-17-10/h4-5H,2-3H2,1H3,(H2,16,18,19). The van der Waals surface area contributed by atoms with Crippen LogP contribution in [0.25, 0.3) is 11.5 Å². The number of rotatable bonds is 3. The van der Waals surface area contributed by atoms with E-state index < -0.39 is 0 Å². The molecule has 4 nitrogen and oxygen atoms in total. The Morgan fingerprint density at radius 2 is 2.05 bits per heavy atom. The van der Waals surface area contributed by atoms with E-state index in [1.807, 2.05) is 6.07 Å². The lowest BCUT2D eigenvalue weighted by Gasteiger charge is -2.09. The van der Waals surface area contributed by atoms with Crippen LogP contribution in [0.1, 0.15) is 19.0 Å². The number of nitrogens with two attached hydrogens (primary N) is 1. The summed E-state index contributed by atoms with van der Waals surface area (Å²) in [5.41, 5.74) is 7.63. The second-order valence-corrected chi connectivity index (χ2v) is 6.78. The molecule has 0 radical (unpaired) electrons. The number of aromatic nitrogens is 3. The topological polar surface area (TPSA) is 64.7 Å². The molecule has 0 unspecified atom stereocenters. The Balaban J connectivity index is 2.56. The summed E-state index contributed by atoms with van der Waals surface area (Å²) in [4.78, 5) is 13.2. The summed E-state index contributed by atoms with van der Waals surface area (Å²) in [6, 6.07) is 1.92. The molecule has 2 aromatic rings. The maximum absolute atomic E-state index is 5.96. The van der Waals surface area contributed by atoms with Gasteiger partial charge in [-0.05, 0) is 66.9 Å². The van der Waals surface area contributed by atoms with Crippen molar-refractivity contribution in [3.05, 3.63) is 30.5 Å². The number of nitrogen functional groups attached to an aromatic ring is 1. The molecule has 7 heteroatoms. The fourth-order valence-corrected chi connectivity index (χ4v) is 3.28. The minimum atomic E-state index is 0.505. The fraction of sp³-hybridized carbons (Fsp3) is 0.250. The minimum Gasteiger partial charge on any atom is -0.383 e. The highest BCUT2D eigenvalue weighted by atomic mass is 127. The molecule has 0 spiro atoms. The SMILES string of the molecule is CCCc1nc(-c2ncc(Br)cc2Br)nc(N)c1I. The summed E-state index contributed by atoms with van der Waals surface area (Å²) in [5.74, 6) is 1.06. The first-order valence-corrected chi connectivity index (χ1v) is 8.32. The molecule has 2 N–H and O–H groups in total. The Labute approximate surface area is 142 Å². The van der Waals surface area contributed by atoms with Gasteiger partial charge in [-0.3, -0.25) is 4.98 Å². The summed E-state index contributed by atoms with van der Waals surface area (Å²) in [5, 5.41) is 0. The molecular weight excluding hydrogens is 487 g/mol. The molecule has 0 saturated carbocycles. The summed E-state index contributed by atoms with van der Waals surface area (Å²) in [7, 11) is 0. The first-order valence-electron chi connectivity index (χ1n) is 5.66. The Morgan fingerprint density at radius 3 is 2.68 bits per heavy atom. The quantitative estimate of drug-likeness (QED) is 0.645. The average Bonchev–Trinajstić information content (AvgIpc) is 2.35. The molecule has 0 amide bonds. The number of hydrogen-bond donors (Lipinski definition) is 1. The minimum absolute atomic E-state index is 0.505. The van der Waals surface area contributed by atoms with Crippen molar-refractivity contribution in [2.45, 2.75) is 19.8 Å². The zero-order valence-electron chi connectivity index (χ0n) is 10.1. The van der Waals surface area contributed by atoms with E-state index >= 15 is 0 Å². The first kappa shape index (κ1) is 15.1. The summed E-state index contributed by atoms with van der Waals surface area (Å²) in [6.07, 6.45) is 3.62. The molecule has 2 heterocycles. The van der Waals surface area contributed by atoms with Gasteiger partial charge in [0.15, 0.2) is 5.82 Å². The smallest absolute Gasteiger partial charge is 0.181 e. The number of aryl methyl sites for hydroxylation is 1. The summed E-state index contributed by atoms with van der Waals surface area (Å²) < 4.78 is 2.66. The van der Waals surface area contributed by atoms with Gasteiger partial charge in [-0.1, -0.05) is 13.3 Å². The predicted octanol–water partition coefficient (Wildman–Crippen LogP) is 4.20. The van der Waals surface area contributed by atoms with Crippen LogP contribution < -0.4 is 5.73 Å². The van der Waals surface area contributed by atoms with Gasteiger partial charge in [0, 0.05) is 15.1 Å². The Hall–Kier alpha value is -0.280. The Morgan fingerprint density at radius 1 is 1.32 bits per heavy atom. The van der Waals surface area contributed by atoms with Gasteiger partial charge in [-0.25, -0.2) is 9.97 Å². The van der Waals surface area contributed by atoms with Crippen LogP contribution >= 0.6 is 54.5 Å². The van der Waals surface area contributed by atoms with Gasteiger partial charge in [0.2, 0.25) is 0 Å². The van der Waals surface area contributed by atoms with Crippen LogP contribution in [0.15, 0.2) is 21.2 Å². The Kier molecular flexibility index (Phi) is 5.13. The van der Waals surface area contributed by atoms with Gasteiger partial charge in [0.1, 0.15) is 11.5 Å². The molecule has 100 valence electrons. The summed E-state index contributed by atoms with van der Waals surface area (Å²) in [6.45, 7) is 2.11. The second-order valence-electron chi connectivity index (χ2n) is 3.93. The fourth-order valence-electron chi connectivity index (χ4n) is 1.60. The molecular formula is C12H11Br2IN4. The lowest BCUT2D eigenvalue weighted by atomic mass is 10.2. The van der Waals surface area contributed by atoms with E-state index in [-0.39, 0.29) is 0 Å². The maximum atomic E-state index is 5.96. The molecule has 0 atom stereocenters. The number of nitrogens with zero attached hydrogens (tertiary/aromatic N) is 3. The van der Waals surface area contributed by atoms with Crippen LogP contribution in [-0.2, 0) is 6.42 Å². The summed E-state index contributed by atoms with van der Waals surface area (Å²) >= 11 is 9.04. The third-order valence-electron chi connectivity index (χ3n) is 2.45. The van der Waals surface area contributed by atoms with Crippen molar-refractivity contribution in [3.8, 4) is 11.5 Å². The van der Waals surface area contributed by atoms with Crippen LogP contribution in [0.3, 0.4) is 0 Å². The third-order valence-corrected chi connectivity index (χ3v) is 4.67. The highest BCUT2D eigenvalue weighted by molar-refractivity contribution is 14.1. The van der Waals surface area contributed by atoms with Crippen molar-refractivity contribution in [2.24, 2.45) is 0 Å². The normalized spacial score (nSPS) is 10.7. The van der Waals surface area contributed by atoms with Gasteiger partial charge >= 0.3 is 0 Å². The van der Waals surface area contributed by atoms with E-state index in [2.05, 4.69) is 76.3 Å². The monoisotopic (exact) mass is 496 g/mol. The van der Waals surface area contributed by atoms with Gasteiger partial charge in [0.25, 0.3) is 0 Å². The first-order chi connectivity index (χ1) is 9.02. The van der Waals surface area contributed by atoms with Gasteiger partial charge in [0.05, 0.1) is 9.26 Å². The highest BCUT2D eigenvalue weighted by Crippen LogP contribution is 2.28. The zero-order valence-corrected chi connectivity index (χ0v) is 15.5. The average molecular weight is 498 g/mol. The van der Waals surface area contributed by atoms with Crippen LogP contribution in [0.5, 0.6) is 0 Å². The van der Waals surface area contributed by atoms with Crippen molar-refractivity contribution in [1.29, 1.82) is 0 Å². The van der Waals surface area contributed by atoms with Crippen molar-refractivity contribution in [3.63, 3.8) is 0 Å². The zero-order chi connectivity index (χ0) is 14.0. The van der Waals surface area contributed by atoms with E-state index in [1.165, 1.54) is 0 Å². The number of anilines is 1. The van der Waals surface area contributed by atoms with Crippen LogP contribution in [0.2, 0.25) is 0 Å². The van der Waals surface area contributed by atoms with Crippen molar-refractivity contribution in [2.75, 3.05) is 5.73 Å². The van der Waals surface area contributed by atoms with Gasteiger partial charge in [-0.2, -0.15) is 0 Å². The van der Waals surface area contributed by atoms with Crippen LogP contribution in [0, 0.1) is 3.57 Å². The maximum Gasteiger partial charge on any atom is 0.181 e. The molecule has 0 saturated heterocycles. The van der Waals surface area contributed by atoms with Crippen LogP contribution in [-0.4, -0.2) is 15.0 Å². The van der Waals surface area contributed by atoms with E-state index in [0.717, 1.165) is 31.1 Å². The molecule has 19 heavy (non-hydrogen) atoms. The van der Waals surface area contributed by atoms with Gasteiger partial charge in [-0.15, -0.1) is 0 Å². The van der Waals surface area contributed by atoms with Crippen molar-refractivity contribution in [1.82, 2.24) is 15.0 Å². The van der Waals surface area contributed by atoms with E-state index in [1.54, 1.807) is 6.20 Å². The van der Waals surface area contributed by atoms with Crippen LogP contribution in [0.4, 0.5) is 5.82 Å². The number of hydrogen-bond acceptors (Lipinski definition) is 4. The molecule has 0 aliphatic rings. The van der Waals surface area contributed by atoms with E-state index in [4.69, 9.17) is 5.73 Å². The third kappa shape index (κ3) is 3.43. The van der Waals surface area contributed by atoms with E-state index in [0.29, 0.717) is 17.3 Å². The molecule has 2 aromatic heterocycles. The largest absolute Gasteiger partial charge is 0.383 e. The van der Waals surface area contributed by atoms with Crippen molar-refractivity contribution >= 4 is 60.3 Å². The number of halogens is 3. The molecule has 0 aromatic carbocycles. The van der Waals surface area contributed by atoms with E-state index in [9.17, 15) is 0 Å². The van der Waals surface area contributed by atoms with Gasteiger partial charge < -0.3 is 5.73 Å². The van der Waals surface area contributed by atoms with Crippen molar-refractivity contribution < 1.29 is 0 Å². The molecule has 0 fully saturated rings. The molecule has 2 rings (SSSR count). The lowest BCUT2D eigenvalue weighted by Crippen LogP contribution is -2.06. The Bertz CT molecular complexity index is 619. The second kappa shape index (κ2) is 6.45. The predicted molar refractivity (Wildman–Crippen MR) is 91.8 cm³/mol. The molecule has 0 bridgehead atoms. The molecule has 0 aliphatic carbocycles. The number of pyridine rings is 1. The lowest BCUT2D eigenvalue weighted by molar-refractivity contribution is 0.867.